The van der Waals surface area contributed by atoms with Gasteiger partial charge in [-0.15, -0.1) is 0 Å². The lowest BCUT2D eigenvalue weighted by Crippen LogP contribution is -2.54. The van der Waals surface area contributed by atoms with Gasteiger partial charge >= 0.3 is 0 Å². The van der Waals surface area contributed by atoms with Crippen LogP contribution in [0, 0.1) is 11.8 Å². The third-order valence-corrected chi connectivity index (χ3v) is 5.43. The van der Waals surface area contributed by atoms with Crippen LogP contribution in [0.2, 0.25) is 0 Å². The highest BCUT2D eigenvalue weighted by molar-refractivity contribution is 5.99. The molecule has 0 saturated heterocycles. The van der Waals surface area contributed by atoms with Gasteiger partial charge in [-0.2, -0.15) is 0 Å². The number of ketones is 1. The van der Waals surface area contributed by atoms with Crippen molar-refractivity contribution in [1.82, 2.24) is 0 Å². The summed E-state index contributed by atoms with van der Waals surface area (Å²) in [6, 6.07) is 5.21. The Hall–Kier alpha value is -2.31. The maximum Gasteiger partial charge on any atom is 0.258 e. The van der Waals surface area contributed by atoms with Crippen LogP contribution in [-0.4, -0.2) is 21.8 Å². The van der Waals surface area contributed by atoms with E-state index < -0.39 is 29.0 Å². The number of aliphatic hydroxyl groups is 2. The molecular weight excluding hydrogens is 308 g/mol. The molecule has 0 amide bonds. The van der Waals surface area contributed by atoms with E-state index in [1.54, 1.807) is 18.2 Å². The summed E-state index contributed by atoms with van der Waals surface area (Å²) in [4.78, 5) is 13.0. The van der Waals surface area contributed by atoms with Crippen molar-refractivity contribution in [2.45, 2.75) is 31.2 Å². The summed E-state index contributed by atoms with van der Waals surface area (Å²) in [6.07, 6.45) is 3.07. The molecule has 1 fully saturated rings. The first-order valence-electron chi connectivity index (χ1n) is 7.97. The van der Waals surface area contributed by atoms with Gasteiger partial charge in [-0.3, -0.25) is 4.79 Å². The van der Waals surface area contributed by atoms with Gasteiger partial charge in [-0.1, -0.05) is 26.0 Å². The molecule has 6 heteroatoms. The van der Waals surface area contributed by atoms with Gasteiger partial charge in [0, 0.05) is 17.0 Å². The van der Waals surface area contributed by atoms with Gasteiger partial charge < -0.3 is 26.4 Å². The zero-order chi connectivity index (χ0) is 17.4. The van der Waals surface area contributed by atoms with Crippen LogP contribution in [0.1, 0.15) is 30.9 Å². The highest BCUT2D eigenvalue weighted by atomic mass is 16.7. The first kappa shape index (κ1) is 15.2. The summed E-state index contributed by atoms with van der Waals surface area (Å²) in [7, 11) is 0. The molecule has 0 aromatic heterocycles. The topological polar surface area (TPSA) is 119 Å². The predicted molar refractivity (Wildman–Crippen MR) is 86.5 cm³/mol. The average molecular weight is 328 g/mol. The normalized spacial score (nSPS) is 36.6. The molecule has 6 nitrogen and oxygen atoms in total. The monoisotopic (exact) mass is 328 g/mol. The standard InChI is InChI=1S/C18H20N2O4/c1-8(2)9-3-4-10-13(7-9)24-18(23)15-12(20)6-5-11(19)14(15)16(21)17(10,18)22/h3-8,14-15,22-23H,19-20H2,1-2H3. The van der Waals surface area contributed by atoms with Crippen LogP contribution in [0.25, 0.3) is 0 Å². The summed E-state index contributed by atoms with van der Waals surface area (Å²) in [6.45, 7) is 4.05. The van der Waals surface area contributed by atoms with Crippen molar-refractivity contribution in [3.63, 3.8) is 0 Å². The molecule has 4 rings (SSSR count). The SMILES string of the molecule is CC(C)c1ccc2c(c1)OC1(O)C3C(N)=CC=C(N)C3C(=O)C21O. The van der Waals surface area contributed by atoms with Gasteiger partial charge in [0.05, 0.1) is 11.8 Å². The van der Waals surface area contributed by atoms with Crippen molar-refractivity contribution in [2.24, 2.45) is 23.3 Å². The number of benzene rings is 1. The Labute approximate surface area is 139 Å². The number of carbonyl (C=O) groups excluding carboxylic acids is 1. The third kappa shape index (κ3) is 1.50. The number of fused-ring (bicyclic) bond motifs is 5. The van der Waals surface area contributed by atoms with E-state index in [2.05, 4.69) is 0 Å². The van der Waals surface area contributed by atoms with Crippen LogP contribution in [0.4, 0.5) is 0 Å². The Morgan fingerprint density at radius 1 is 1.17 bits per heavy atom. The molecule has 6 N–H and O–H groups in total. The third-order valence-electron chi connectivity index (χ3n) is 5.43. The Balaban J connectivity index is 1.93. The van der Waals surface area contributed by atoms with E-state index in [0.717, 1.165) is 5.56 Å². The van der Waals surface area contributed by atoms with E-state index in [4.69, 9.17) is 16.2 Å². The number of Topliss-reactive ketones (excluding diaryl/α,β-unsaturated/α-hetero) is 1. The Morgan fingerprint density at radius 3 is 2.50 bits per heavy atom. The second-order valence-electron chi connectivity index (χ2n) is 7.07. The largest absolute Gasteiger partial charge is 0.457 e. The fourth-order valence-corrected chi connectivity index (χ4v) is 4.08. The van der Waals surface area contributed by atoms with E-state index in [9.17, 15) is 15.0 Å². The van der Waals surface area contributed by atoms with Crippen LogP contribution >= 0.6 is 0 Å². The lowest BCUT2D eigenvalue weighted by Gasteiger charge is -2.34. The minimum atomic E-state index is -2.19. The van der Waals surface area contributed by atoms with E-state index in [0.29, 0.717) is 5.75 Å². The Bertz CT molecular complexity index is 828. The minimum absolute atomic E-state index is 0.241. The number of carbonyl (C=O) groups is 1. The molecule has 1 aromatic rings. The molecule has 4 unspecified atom stereocenters. The first-order chi connectivity index (χ1) is 11.2. The average Bonchev–Trinajstić information content (AvgIpc) is 2.86. The zero-order valence-electron chi connectivity index (χ0n) is 13.5. The molecule has 0 radical (unpaired) electrons. The predicted octanol–water partition coefficient (Wildman–Crippen LogP) is 0.593. The smallest absolute Gasteiger partial charge is 0.258 e. The summed E-state index contributed by atoms with van der Waals surface area (Å²) < 4.78 is 5.75. The lowest BCUT2D eigenvalue weighted by molar-refractivity contribution is -0.237. The number of hydrogen-bond donors (Lipinski definition) is 4. The van der Waals surface area contributed by atoms with Crippen molar-refractivity contribution in [2.75, 3.05) is 0 Å². The number of rotatable bonds is 1. The highest BCUT2D eigenvalue weighted by Gasteiger charge is 2.76. The molecule has 0 bridgehead atoms. The highest BCUT2D eigenvalue weighted by Crippen LogP contribution is 2.60. The van der Waals surface area contributed by atoms with E-state index in [1.807, 2.05) is 19.9 Å². The van der Waals surface area contributed by atoms with Crippen LogP contribution in [0.15, 0.2) is 41.7 Å². The minimum Gasteiger partial charge on any atom is -0.457 e. The van der Waals surface area contributed by atoms with E-state index in [-0.39, 0.29) is 22.9 Å². The molecule has 1 heterocycles. The van der Waals surface area contributed by atoms with Crippen molar-refractivity contribution < 1.29 is 19.7 Å². The number of nitrogens with two attached hydrogens (primary N) is 2. The molecular formula is C18H20N2O4. The Kier molecular flexibility index (Phi) is 2.79. The number of ether oxygens (including phenoxy) is 1. The van der Waals surface area contributed by atoms with Crippen molar-refractivity contribution >= 4 is 5.78 Å². The summed E-state index contributed by atoms with van der Waals surface area (Å²) in [5.41, 5.74) is 11.5. The fourth-order valence-electron chi connectivity index (χ4n) is 4.08. The quantitative estimate of drug-likeness (QED) is 0.599. The van der Waals surface area contributed by atoms with Gasteiger partial charge in [-0.25, -0.2) is 0 Å². The van der Waals surface area contributed by atoms with Gasteiger partial charge in [0.1, 0.15) is 5.75 Å². The van der Waals surface area contributed by atoms with Crippen LogP contribution in [0.5, 0.6) is 5.75 Å². The van der Waals surface area contributed by atoms with Gasteiger partial charge in [0.25, 0.3) is 5.79 Å². The molecule has 1 aliphatic heterocycles. The van der Waals surface area contributed by atoms with Gasteiger partial charge in [0.2, 0.25) is 5.60 Å². The first-order valence-corrected chi connectivity index (χ1v) is 7.97. The molecule has 3 aliphatic rings. The van der Waals surface area contributed by atoms with Crippen LogP contribution < -0.4 is 16.2 Å². The summed E-state index contributed by atoms with van der Waals surface area (Å²) in [5.74, 6) is -4.02. The maximum absolute atomic E-state index is 13.0. The molecule has 0 spiro atoms. The maximum atomic E-state index is 13.0. The van der Waals surface area contributed by atoms with Gasteiger partial charge in [0.15, 0.2) is 5.78 Å². The summed E-state index contributed by atoms with van der Waals surface area (Å²) in [5, 5.41) is 22.4. The van der Waals surface area contributed by atoms with Gasteiger partial charge in [-0.05, 0) is 29.7 Å². The number of allylic oxidation sites excluding steroid dienone is 3. The van der Waals surface area contributed by atoms with Crippen LogP contribution in [-0.2, 0) is 10.4 Å². The van der Waals surface area contributed by atoms with E-state index >= 15 is 0 Å². The van der Waals surface area contributed by atoms with Crippen molar-refractivity contribution in [3.8, 4) is 5.75 Å². The molecule has 4 atom stereocenters. The molecule has 1 aromatic carbocycles. The molecule has 2 aliphatic carbocycles. The second kappa shape index (κ2) is 4.40. The fraction of sp³-hybridized carbons (Fsp3) is 0.389. The second-order valence-corrected chi connectivity index (χ2v) is 7.07. The molecule has 24 heavy (non-hydrogen) atoms. The number of hydrogen-bond acceptors (Lipinski definition) is 6. The van der Waals surface area contributed by atoms with Crippen LogP contribution in [0.3, 0.4) is 0 Å². The van der Waals surface area contributed by atoms with Crippen molar-refractivity contribution in [3.05, 3.63) is 52.9 Å². The Morgan fingerprint density at radius 2 is 1.83 bits per heavy atom. The zero-order valence-corrected chi connectivity index (χ0v) is 13.5. The van der Waals surface area contributed by atoms with E-state index in [1.165, 1.54) is 6.08 Å². The van der Waals surface area contributed by atoms with Crippen molar-refractivity contribution in [1.29, 1.82) is 0 Å². The lowest BCUT2D eigenvalue weighted by atomic mass is 9.83. The molecule has 1 saturated carbocycles. The molecule has 126 valence electrons. The summed E-state index contributed by atoms with van der Waals surface area (Å²) >= 11 is 0.